The molecule has 1 aliphatic carbocycles. The van der Waals surface area contributed by atoms with Gasteiger partial charge in [0.25, 0.3) is 5.91 Å². The van der Waals surface area contributed by atoms with Crippen molar-refractivity contribution < 1.29 is 4.79 Å². The van der Waals surface area contributed by atoms with E-state index in [1.807, 2.05) is 36.4 Å². The Bertz CT molecular complexity index is 1690. The second-order valence-corrected chi connectivity index (χ2v) is 11.4. The fourth-order valence-electron chi connectivity index (χ4n) is 4.94. The van der Waals surface area contributed by atoms with Crippen LogP contribution in [0.25, 0.3) is 32.6 Å². The molecule has 3 aromatic heterocycles. The van der Waals surface area contributed by atoms with Crippen LogP contribution in [0.5, 0.6) is 0 Å². The van der Waals surface area contributed by atoms with Crippen molar-refractivity contribution in [3.05, 3.63) is 87.1 Å². The van der Waals surface area contributed by atoms with Gasteiger partial charge in [0.1, 0.15) is 20.8 Å². The molecule has 0 atom stereocenters. The number of aryl methyl sites for hydroxylation is 2. The average molecular weight is 521 g/mol. The zero-order valence-electron chi connectivity index (χ0n) is 20.3. The zero-order valence-corrected chi connectivity index (χ0v) is 21.9. The number of benzene rings is 2. The summed E-state index contributed by atoms with van der Waals surface area (Å²) in [7, 11) is 0. The number of nitrogens with two attached hydrogens (primary N) is 1. The molecule has 0 aliphatic heterocycles. The van der Waals surface area contributed by atoms with Crippen molar-refractivity contribution in [2.24, 2.45) is 0 Å². The molecule has 2 aromatic carbocycles. The number of thiophene rings is 2. The van der Waals surface area contributed by atoms with Crippen molar-refractivity contribution in [3.8, 4) is 28.5 Å². The van der Waals surface area contributed by atoms with E-state index in [9.17, 15) is 10.1 Å². The highest BCUT2D eigenvalue weighted by Crippen LogP contribution is 2.43. The maximum atomic E-state index is 13.5. The number of nitrogens with zero attached hydrogens (tertiary/aromatic N) is 2. The summed E-state index contributed by atoms with van der Waals surface area (Å²) in [5, 5.41) is 14.2. The molecule has 6 rings (SSSR count). The lowest BCUT2D eigenvalue weighted by atomic mass is 9.96. The van der Waals surface area contributed by atoms with Crippen LogP contribution < -0.4 is 11.1 Å². The molecule has 0 saturated carbocycles. The summed E-state index contributed by atoms with van der Waals surface area (Å²) in [5.74, 6) is -0.299. The van der Waals surface area contributed by atoms with Gasteiger partial charge >= 0.3 is 0 Å². The number of nitriles is 1. The van der Waals surface area contributed by atoms with E-state index >= 15 is 0 Å². The minimum Gasteiger partial charge on any atom is -0.397 e. The topological polar surface area (TPSA) is 91.8 Å². The Kier molecular flexibility index (Phi) is 5.99. The van der Waals surface area contributed by atoms with Crippen LogP contribution in [0.1, 0.15) is 44.1 Å². The predicted molar refractivity (Wildman–Crippen MR) is 153 cm³/mol. The summed E-state index contributed by atoms with van der Waals surface area (Å²) in [4.78, 5) is 20.8. The molecule has 0 saturated heterocycles. The van der Waals surface area contributed by atoms with Crippen LogP contribution >= 0.6 is 22.7 Å². The van der Waals surface area contributed by atoms with Crippen LogP contribution in [-0.4, -0.2) is 10.9 Å². The lowest BCUT2D eigenvalue weighted by molar-refractivity contribution is 0.103. The van der Waals surface area contributed by atoms with E-state index in [-0.39, 0.29) is 5.91 Å². The number of amides is 1. The van der Waals surface area contributed by atoms with Gasteiger partial charge in [-0.05, 0) is 55.4 Å². The SMILES string of the molecule is Cc1ccc(-c2cc(-c3ccccc3)nc3sc(C(=O)Nc4sc5c(c4C#N)CCCC5)c(N)c23)cc1. The molecule has 1 amide bonds. The highest BCUT2D eigenvalue weighted by atomic mass is 32.1. The molecule has 3 heterocycles. The number of carbonyl (C=O) groups is 1. The van der Waals surface area contributed by atoms with Gasteiger partial charge in [-0.3, -0.25) is 4.79 Å². The van der Waals surface area contributed by atoms with Crippen LogP contribution in [0.4, 0.5) is 10.7 Å². The zero-order chi connectivity index (χ0) is 25.5. The average Bonchev–Trinajstić information content (AvgIpc) is 3.45. The van der Waals surface area contributed by atoms with Crippen molar-refractivity contribution in [1.29, 1.82) is 5.26 Å². The third-order valence-electron chi connectivity index (χ3n) is 6.85. The van der Waals surface area contributed by atoms with Gasteiger partial charge in [-0.2, -0.15) is 5.26 Å². The number of aromatic nitrogens is 1. The van der Waals surface area contributed by atoms with Gasteiger partial charge in [-0.25, -0.2) is 4.98 Å². The Morgan fingerprint density at radius 1 is 1.03 bits per heavy atom. The molecule has 1 aliphatic rings. The predicted octanol–water partition coefficient (Wildman–Crippen LogP) is 7.59. The largest absolute Gasteiger partial charge is 0.397 e. The second-order valence-electron chi connectivity index (χ2n) is 9.29. The highest BCUT2D eigenvalue weighted by Gasteiger charge is 2.25. The van der Waals surface area contributed by atoms with E-state index in [1.165, 1.54) is 33.1 Å². The number of fused-ring (bicyclic) bond motifs is 2. The van der Waals surface area contributed by atoms with E-state index in [1.54, 1.807) is 0 Å². The van der Waals surface area contributed by atoms with Crippen LogP contribution in [0.15, 0.2) is 60.7 Å². The minimum atomic E-state index is -0.299. The Morgan fingerprint density at radius 2 is 1.78 bits per heavy atom. The van der Waals surface area contributed by atoms with Gasteiger partial charge in [0.15, 0.2) is 0 Å². The molecule has 5 nitrogen and oxygen atoms in total. The first-order valence-electron chi connectivity index (χ1n) is 12.2. The van der Waals surface area contributed by atoms with E-state index < -0.39 is 0 Å². The lowest BCUT2D eigenvalue weighted by Gasteiger charge is -2.09. The molecular weight excluding hydrogens is 496 g/mol. The summed E-state index contributed by atoms with van der Waals surface area (Å²) < 4.78 is 0. The number of nitrogens with one attached hydrogen (secondary N) is 1. The van der Waals surface area contributed by atoms with E-state index in [2.05, 4.69) is 42.6 Å². The smallest absolute Gasteiger partial charge is 0.268 e. The first kappa shape index (κ1) is 23.4. The summed E-state index contributed by atoms with van der Waals surface area (Å²) >= 11 is 2.81. The van der Waals surface area contributed by atoms with E-state index in [0.29, 0.717) is 26.0 Å². The molecule has 37 heavy (non-hydrogen) atoms. The molecule has 0 bridgehead atoms. The Hall–Kier alpha value is -3.99. The van der Waals surface area contributed by atoms with Crippen LogP contribution in [0, 0.1) is 18.3 Å². The summed E-state index contributed by atoms with van der Waals surface area (Å²) in [6.45, 7) is 2.06. The van der Waals surface area contributed by atoms with E-state index in [0.717, 1.165) is 59.0 Å². The van der Waals surface area contributed by atoms with Crippen molar-refractivity contribution >= 4 is 49.5 Å². The van der Waals surface area contributed by atoms with Gasteiger partial charge in [0.05, 0.1) is 16.9 Å². The van der Waals surface area contributed by atoms with E-state index in [4.69, 9.17) is 10.7 Å². The number of carbonyl (C=O) groups excluding carboxylic acids is 1. The second kappa shape index (κ2) is 9.47. The van der Waals surface area contributed by atoms with Crippen LogP contribution in [0.3, 0.4) is 0 Å². The maximum absolute atomic E-state index is 13.5. The molecule has 7 heteroatoms. The first-order chi connectivity index (χ1) is 18.0. The maximum Gasteiger partial charge on any atom is 0.268 e. The number of rotatable bonds is 4. The van der Waals surface area contributed by atoms with Gasteiger partial charge in [-0.15, -0.1) is 22.7 Å². The first-order valence-corrected chi connectivity index (χ1v) is 13.9. The fourth-order valence-corrected chi connectivity index (χ4v) is 7.19. The van der Waals surface area contributed by atoms with Crippen molar-refractivity contribution in [3.63, 3.8) is 0 Å². The number of hydrogen-bond acceptors (Lipinski definition) is 6. The van der Waals surface area contributed by atoms with Crippen LogP contribution in [0.2, 0.25) is 0 Å². The highest BCUT2D eigenvalue weighted by molar-refractivity contribution is 7.21. The molecule has 182 valence electrons. The van der Waals surface area contributed by atoms with Crippen molar-refractivity contribution in [1.82, 2.24) is 4.98 Å². The molecule has 0 radical (unpaired) electrons. The Morgan fingerprint density at radius 3 is 2.54 bits per heavy atom. The molecule has 0 spiro atoms. The summed E-state index contributed by atoms with van der Waals surface area (Å²) in [5.41, 5.74) is 13.7. The Labute approximate surface area is 223 Å². The number of pyridine rings is 1. The molecule has 0 fully saturated rings. The lowest BCUT2D eigenvalue weighted by Crippen LogP contribution is -2.12. The molecule has 5 aromatic rings. The minimum absolute atomic E-state index is 0.299. The third kappa shape index (κ3) is 4.18. The fraction of sp³-hybridized carbons (Fsp3) is 0.167. The van der Waals surface area contributed by atoms with Gasteiger partial charge < -0.3 is 11.1 Å². The number of hydrogen-bond donors (Lipinski definition) is 2. The molecule has 0 unspecified atom stereocenters. The van der Waals surface area contributed by atoms with Crippen molar-refractivity contribution in [2.75, 3.05) is 11.1 Å². The standard InChI is InChI=1S/C30H24N4OS2/c1-17-11-13-18(14-12-17)21-15-23(19-7-3-2-4-8-19)33-30-25(21)26(32)27(37-30)28(35)34-29-22(16-31)20-9-5-6-10-24(20)36-29/h2-4,7-8,11-15H,5-6,9-10,32H2,1H3,(H,34,35). The summed E-state index contributed by atoms with van der Waals surface area (Å²) in [6, 6.07) is 22.7. The number of nitrogen functional groups attached to an aromatic ring is 1. The summed E-state index contributed by atoms with van der Waals surface area (Å²) in [6.07, 6.45) is 4.04. The third-order valence-corrected chi connectivity index (χ3v) is 9.15. The van der Waals surface area contributed by atoms with Gasteiger partial charge in [0, 0.05) is 15.8 Å². The van der Waals surface area contributed by atoms with Crippen molar-refractivity contribution in [2.45, 2.75) is 32.6 Å². The quantitative estimate of drug-likeness (QED) is 0.255. The normalized spacial score (nSPS) is 12.8. The van der Waals surface area contributed by atoms with Crippen LogP contribution in [-0.2, 0) is 12.8 Å². The molecular formula is C30H24N4OS2. The monoisotopic (exact) mass is 520 g/mol. The Balaban J connectivity index is 1.47. The number of anilines is 2. The molecule has 3 N–H and O–H groups in total. The van der Waals surface area contributed by atoms with Gasteiger partial charge in [0.2, 0.25) is 0 Å². The van der Waals surface area contributed by atoms with Gasteiger partial charge in [-0.1, -0.05) is 60.2 Å².